The number of hydrogen-bond donors (Lipinski definition) is 1. The predicted octanol–water partition coefficient (Wildman–Crippen LogP) is 1.34. The summed E-state index contributed by atoms with van der Waals surface area (Å²) in [5.41, 5.74) is 2.09. The van der Waals surface area contributed by atoms with Crippen molar-refractivity contribution in [1.82, 2.24) is 15.2 Å². The molecular weight excluding hydrogens is 238 g/mol. The van der Waals surface area contributed by atoms with Gasteiger partial charge in [0, 0.05) is 24.8 Å². The van der Waals surface area contributed by atoms with Crippen molar-refractivity contribution in [2.45, 2.75) is 5.66 Å². The Morgan fingerprint density at radius 2 is 2.00 bits per heavy atom. The van der Waals surface area contributed by atoms with Gasteiger partial charge in [-0.15, -0.1) is 0 Å². The highest BCUT2D eigenvalue weighted by Crippen LogP contribution is 2.43. The molecule has 1 aromatic carbocycles. The molecule has 1 N–H and O–H groups in total. The van der Waals surface area contributed by atoms with Gasteiger partial charge in [-0.05, 0) is 11.6 Å². The van der Waals surface area contributed by atoms with Crippen LogP contribution in [0.2, 0.25) is 0 Å². The van der Waals surface area contributed by atoms with Crippen LogP contribution in [0.4, 0.5) is 0 Å². The smallest absolute Gasteiger partial charge is 0.274 e. The molecule has 4 heteroatoms. The summed E-state index contributed by atoms with van der Waals surface area (Å²) in [5, 5.41) is 3.50. The van der Waals surface area contributed by atoms with Crippen LogP contribution in [0.25, 0.3) is 0 Å². The van der Waals surface area contributed by atoms with Crippen molar-refractivity contribution >= 4 is 5.91 Å². The Hall–Kier alpha value is -2.20. The lowest BCUT2D eigenvalue weighted by Crippen LogP contribution is -2.46. The summed E-state index contributed by atoms with van der Waals surface area (Å²) in [7, 11) is 0. The second kappa shape index (κ2) is 3.65. The van der Waals surface area contributed by atoms with Crippen LogP contribution in [0.1, 0.15) is 21.6 Å². The molecule has 19 heavy (non-hydrogen) atoms. The fourth-order valence-electron chi connectivity index (χ4n) is 3.19. The fourth-order valence-corrected chi connectivity index (χ4v) is 3.19. The number of carbonyl (C=O) groups excluding carboxylic acids is 1. The zero-order valence-corrected chi connectivity index (χ0v) is 10.3. The van der Waals surface area contributed by atoms with Crippen LogP contribution in [-0.2, 0) is 5.66 Å². The van der Waals surface area contributed by atoms with Crippen molar-refractivity contribution < 1.29 is 4.79 Å². The van der Waals surface area contributed by atoms with E-state index >= 15 is 0 Å². The molecular formula is C15H13N3O. The molecule has 2 aliphatic rings. The van der Waals surface area contributed by atoms with E-state index in [-0.39, 0.29) is 5.91 Å². The summed E-state index contributed by atoms with van der Waals surface area (Å²) >= 11 is 0. The molecule has 2 aromatic rings. The van der Waals surface area contributed by atoms with Gasteiger partial charge >= 0.3 is 0 Å². The van der Waals surface area contributed by atoms with E-state index in [0.29, 0.717) is 12.2 Å². The molecule has 0 radical (unpaired) electrons. The van der Waals surface area contributed by atoms with Gasteiger partial charge in [-0.1, -0.05) is 36.4 Å². The van der Waals surface area contributed by atoms with Crippen LogP contribution in [0.15, 0.2) is 48.7 Å². The second-order valence-electron chi connectivity index (χ2n) is 4.86. The number of amides is 1. The van der Waals surface area contributed by atoms with Gasteiger partial charge in [0.1, 0.15) is 11.4 Å². The van der Waals surface area contributed by atoms with E-state index < -0.39 is 5.66 Å². The zero-order valence-electron chi connectivity index (χ0n) is 10.3. The Kier molecular flexibility index (Phi) is 2.05. The van der Waals surface area contributed by atoms with Crippen LogP contribution in [0.3, 0.4) is 0 Å². The molecule has 1 fully saturated rings. The monoisotopic (exact) mass is 251 g/mol. The largest absolute Gasteiger partial charge is 0.309 e. The van der Waals surface area contributed by atoms with Gasteiger partial charge in [0.2, 0.25) is 0 Å². The van der Waals surface area contributed by atoms with Crippen LogP contribution in [0, 0.1) is 0 Å². The number of pyridine rings is 1. The first-order chi connectivity index (χ1) is 9.34. The van der Waals surface area contributed by atoms with Gasteiger partial charge in [0.25, 0.3) is 5.91 Å². The van der Waals surface area contributed by atoms with Gasteiger partial charge in [-0.2, -0.15) is 0 Å². The normalized spacial score (nSPS) is 24.4. The van der Waals surface area contributed by atoms with Crippen molar-refractivity contribution in [1.29, 1.82) is 0 Å². The highest BCUT2D eigenvalue weighted by Gasteiger charge is 2.54. The third-order valence-electron chi connectivity index (χ3n) is 3.96. The van der Waals surface area contributed by atoms with E-state index in [9.17, 15) is 4.79 Å². The van der Waals surface area contributed by atoms with Crippen molar-refractivity contribution in [2.24, 2.45) is 0 Å². The van der Waals surface area contributed by atoms with Crippen LogP contribution in [0.5, 0.6) is 0 Å². The molecule has 3 heterocycles. The molecule has 0 saturated carbocycles. The zero-order chi connectivity index (χ0) is 12.9. The molecule has 1 unspecified atom stereocenters. The quantitative estimate of drug-likeness (QED) is 0.832. The first-order valence-electron chi connectivity index (χ1n) is 6.42. The summed E-state index contributed by atoms with van der Waals surface area (Å²) in [6, 6.07) is 14.0. The van der Waals surface area contributed by atoms with E-state index in [1.807, 2.05) is 35.2 Å². The number of hydrogen-bond acceptors (Lipinski definition) is 3. The average molecular weight is 251 g/mol. The lowest BCUT2D eigenvalue weighted by atomic mass is 9.93. The maximum Gasteiger partial charge on any atom is 0.274 e. The lowest BCUT2D eigenvalue weighted by molar-refractivity contribution is 0.0691. The van der Waals surface area contributed by atoms with Crippen molar-refractivity contribution in [3.63, 3.8) is 0 Å². The van der Waals surface area contributed by atoms with Gasteiger partial charge in [0.05, 0.1) is 0 Å². The van der Waals surface area contributed by atoms with E-state index in [1.54, 1.807) is 6.20 Å². The number of aromatic nitrogens is 1. The molecule has 94 valence electrons. The molecule has 0 bridgehead atoms. The molecule has 1 saturated heterocycles. The molecule has 1 aromatic heterocycles. The van der Waals surface area contributed by atoms with E-state index in [0.717, 1.165) is 17.7 Å². The van der Waals surface area contributed by atoms with E-state index in [1.165, 1.54) is 0 Å². The third-order valence-corrected chi connectivity index (χ3v) is 3.96. The lowest BCUT2D eigenvalue weighted by Gasteiger charge is -2.33. The van der Waals surface area contributed by atoms with Gasteiger partial charge in [0.15, 0.2) is 0 Å². The molecule has 2 aliphatic heterocycles. The first kappa shape index (κ1) is 10.7. The predicted molar refractivity (Wildman–Crippen MR) is 70.5 cm³/mol. The number of nitrogens with one attached hydrogen (secondary N) is 1. The Morgan fingerprint density at radius 3 is 2.84 bits per heavy atom. The molecule has 4 nitrogen and oxygen atoms in total. The number of nitrogens with zero attached hydrogens (tertiary/aromatic N) is 2. The molecule has 4 rings (SSSR count). The summed E-state index contributed by atoms with van der Waals surface area (Å²) in [6.45, 7) is 1.51. The summed E-state index contributed by atoms with van der Waals surface area (Å²) in [5.74, 6) is 0.0180. The van der Waals surface area contributed by atoms with Crippen LogP contribution >= 0.6 is 0 Å². The van der Waals surface area contributed by atoms with Gasteiger partial charge < -0.3 is 4.90 Å². The molecule has 0 aliphatic carbocycles. The maximum absolute atomic E-state index is 12.5. The number of rotatable bonds is 1. The standard InChI is InChI=1S/C15H13N3O/c19-14-13-12(7-4-8-16-13)15(17-9-10-18(14)15)11-5-2-1-3-6-11/h1-8,17H,9-10H2. The van der Waals surface area contributed by atoms with Gasteiger partial charge in [-0.3, -0.25) is 15.1 Å². The Morgan fingerprint density at radius 1 is 1.16 bits per heavy atom. The average Bonchev–Trinajstić information content (AvgIpc) is 3.01. The molecule has 0 spiro atoms. The minimum absolute atomic E-state index is 0.0180. The Bertz CT molecular complexity index is 655. The van der Waals surface area contributed by atoms with Gasteiger partial charge in [-0.25, -0.2) is 0 Å². The van der Waals surface area contributed by atoms with Crippen LogP contribution < -0.4 is 5.32 Å². The number of fused-ring (bicyclic) bond motifs is 3. The van der Waals surface area contributed by atoms with E-state index in [4.69, 9.17) is 0 Å². The number of benzene rings is 1. The van der Waals surface area contributed by atoms with Crippen molar-refractivity contribution in [3.8, 4) is 0 Å². The van der Waals surface area contributed by atoms with Crippen molar-refractivity contribution in [3.05, 3.63) is 65.5 Å². The van der Waals surface area contributed by atoms with Crippen LogP contribution in [-0.4, -0.2) is 28.9 Å². The fraction of sp³-hybridized carbons (Fsp3) is 0.200. The number of carbonyl (C=O) groups is 1. The maximum atomic E-state index is 12.5. The van der Waals surface area contributed by atoms with E-state index in [2.05, 4.69) is 22.4 Å². The summed E-state index contributed by atoms with van der Waals surface area (Å²) in [6.07, 6.45) is 1.68. The Labute approximate surface area is 111 Å². The Balaban J connectivity index is 2.02. The second-order valence-corrected chi connectivity index (χ2v) is 4.86. The molecule has 1 atom stereocenters. The first-order valence-corrected chi connectivity index (χ1v) is 6.42. The minimum atomic E-state index is -0.526. The minimum Gasteiger partial charge on any atom is -0.309 e. The SMILES string of the molecule is O=C1c2ncccc2C2(c3ccccc3)NCCN12. The summed E-state index contributed by atoms with van der Waals surface area (Å²) < 4.78 is 0. The van der Waals surface area contributed by atoms with Crippen molar-refractivity contribution in [2.75, 3.05) is 13.1 Å². The highest BCUT2D eigenvalue weighted by atomic mass is 16.2. The summed E-state index contributed by atoms with van der Waals surface area (Å²) in [4.78, 5) is 18.6. The third kappa shape index (κ3) is 1.21. The highest BCUT2D eigenvalue weighted by molar-refractivity contribution is 5.99. The topological polar surface area (TPSA) is 45.2 Å². The molecule has 1 amide bonds.